The molecule has 0 unspecified atom stereocenters. The van der Waals surface area contributed by atoms with E-state index in [2.05, 4.69) is 45.4 Å². The molecule has 0 bridgehead atoms. The van der Waals surface area contributed by atoms with Gasteiger partial charge in [0.05, 0.1) is 23.5 Å². The van der Waals surface area contributed by atoms with E-state index in [4.69, 9.17) is 0 Å². The first-order valence-corrected chi connectivity index (χ1v) is 3.81. The SMILES string of the molecule is CC(C)(C)C1=C[CH+]CC=C1. The van der Waals surface area contributed by atoms with E-state index in [0.717, 1.165) is 6.42 Å². The van der Waals surface area contributed by atoms with Crippen LogP contribution in [-0.2, 0) is 0 Å². The van der Waals surface area contributed by atoms with Crippen molar-refractivity contribution >= 4 is 0 Å². The Kier molecular flexibility index (Phi) is 1.89. The fraction of sp³-hybridized carbons (Fsp3) is 0.500. The minimum Gasteiger partial charge on any atom is -0.0409 e. The lowest BCUT2D eigenvalue weighted by atomic mass is 9.84. The van der Waals surface area contributed by atoms with Crippen LogP contribution in [0, 0.1) is 11.8 Å². The molecule has 1 aliphatic carbocycles. The molecule has 0 saturated carbocycles. The van der Waals surface area contributed by atoms with Crippen molar-refractivity contribution < 1.29 is 0 Å². The third-order valence-electron chi connectivity index (χ3n) is 1.73. The number of rotatable bonds is 0. The molecule has 0 fully saturated rings. The van der Waals surface area contributed by atoms with Gasteiger partial charge in [-0.3, -0.25) is 0 Å². The minimum absolute atomic E-state index is 0.313. The Hall–Kier alpha value is -0.650. The first kappa shape index (κ1) is 7.46. The third kappa shape index (κ3) is 1.66. The predicted octanol–water partition coefficient (Wildman–Crippen LogP) is 3.12. The lowest BCUT2D eigenvalue weighted by Gasteiger charge is -2.14. The van der Waals surface area contributed by atoms with Gasteiger partial charge < -0.3 is 0 Å². The second kappa shape index (κ2) is 2.53. The van der Waals surface area contributed by atoms with Crippen LogP contribution in [0.5, 0.6) is 0 Å². The van der Waals surface area contributed by atoms with E-state index < -0.39 is 0 Å². The highest BCUT2D eigenvalue weighted by Gasteiger charge is 2.22. The van der Waals surface area contributed by atoms with Crippen LogP contribution >= 0.6 is 0 Å². The highest BCUT2D eigenvalue weighted by Crippen LogP contribution is 2.28. The molecule has 0 atom stereocenters. The molecule has 0 heteroatoms. The Labute approximate surface area is 63.6 Å². The molecule has 0 nitrogen and oxygen atoms in total. The highest BCUT2D eigenvalue weighted by molar-refractivity contribution is 5.31. The van der Waals surface area contributed by atoms with E-state index in [1.54, 1.807) is 0 Å². The largest absolute Gasteiger partial charge is 0.0977 e. The summed E-state index contributed by atoms with van der Waals surface area (Å²) in [5, 5.41) is 0. The van der Waals surface area contributed by atoms with Crippen LogP contribution in [0.1, 0.15) is 27.2 Å². The molecule has 0 spiro atoms. The van der Waals surface area contributed by atoms with Crippen LogP contribution in [0.4, 0.5) is 0 Å². The normalized spacial score (nSPS) is 18.1. The lowest BCUT2D eigenvalue weighted by molar-refractivity contribution is 0.515. The van der Waals surface area contributed by atoms with Crippen LogP contribution in [0.25, 0.3) is 0 Å². The van der Waals surface area contributed by atoms with Crippen molar-refractivity contribution in [1.82, 2.24) is 0 Å². The summed E-state index contributed by atoms with van der Waals surface area (Å²) in [6.45, 7) is 6.72. The quantitative estimate of drug-likeness (QED) is 0.448. The zero-order valence-corrected chi connectivity index (χ0v) is 7.02. The summed E-state index contributed by atoms with van der Waals surface area (Å²) >= 11 is 0. The summed E-state index contributed by atoms with van der Waals surface area (Å²) in [5.41, 5.74) is 1.74. The van der Waals surface area contributed by atoms with Gasteiger partial charge >= 0.3 is 0 Å². The zero-order chi connectivity index (χ0) is 7.61. The average Bonchev–Trinajstić information content (AvgIpc) is 1.88. The van der Waals surface area contributed by atoms with Crippen molar-refractivity contribution in [3.05, 3.63) is 30.2 Å². The molecule has 0 aromatic heterocycles. The summed E-state index contributed by atoms with van der Waals surface area (Å²) in [6.07, 6.45) is 9.96. The smallest absolute Gasteiger partial charge is 0.0409 e. The lowest BCUT2D eigenvalue weighted by Crippen LogP contribution is -2.08. The van der Waals surface area contributed by atoms with Gasteiger partial charge in [0.2, 0.25) is 0 Å². The standard InChI is InChI=1S/C10H15/c1-10(2,3)9-7-5-4-6-8-9/h5-8H,4H2,1-3H3/q+1. The molecule has 1 aliphatic rings. The van der Waals surface area contributed by atoms with Gasteiger partial charge in [-0.1, -0.05) is 0 Å². The fourth-order valence-corrected chi connectivity index (χ4v) is 1.02. The van der Waals surface area contributed by atoms with E-state index in [0.29, 0.717) is 5.41 Å². The molecule has 0 aliphatic heterocycles. The summed E-state index contributed by atoms with van der Waals surface area (Å²) in [7, 11) is 0. The van der Waals surface area contributed by atoms with Crippen molar-refractivity contribution in [1.29, 1.82) is 0 Å². The van der Waals surface area contributed by atoms with E-state index in [-0.39, 0.29) is 0 Å². The summed E-state index contributed by atoms with van der Waals surface area (Å²) < 4.78 is 0. The molecule has 0 N–H and O–H groups in total. The Morgan fingerprint density at radius 3 is 2.40 bits per heavy atom. The molecular formula is C10H15+. The molecule has 0 amide bonds. The van der Waals surface area contributed by atoms with E-state index in [1.807, 2.05) is 0 Å². The van der Waals surface area contributed by atoms with E-state index >= 15 is 0 Å². The van der Waals surface area contributed by atoms with Crippen LogP contribution in [-0.4, -0.2) is 0 Å². The van der Waals surface area contributed by atoms with Crippen molar-refractivity contribution in [3.63, 3.8) is 0 Å². The second-order valence-corrected chi connectivity index (χ2v) is 3.75. The molecule has 10 heavy (non-hydrogen) atoms. The van der Waals surface area contributed by atoms with Gasteiger partial charge in [-0.2, -0.15) is 0 Å². The first-order chi connectivity index (χ1) is 4.61. The van der Waals surface area contributed by atoms with Crippen LogP contribution < -0.4 is 0 Å². The summed E-state index contributed by atoms with van der Waals surface area (Å²) in [4.78, 5) is 0. The van der Waals surface area contributed by atoms with Gasteiger partial charge in [0.1, 0.15) is 0 Å². The van der Waals surface area contributed by atoms with Gasteiger partial charge in [0.15, 0.2) is 0 Å². The van der Waals surface area contributed by atoms with Crippen LogP contribution in [0.2, 0.25) is 0 Å². The third-order valence-corrected chi connectivity index (χ3v) is 1.73. The van der Waals surface area contributed by atoms with Crippen LogP contribution in [0.15, 0.2) is 23.8 Å². The zero-order valence-electron chi connectivity index (χ0n) is 7.02. The predicted molar refractivity (Wildman–Crippen MR) is 45.6 cm³/mol. The monoisotopic (exact) mass is 135 g/mol. The first-order valence-electron chi connectivity index (χ1n) is 3.81. The number of hydrogen-bond acceptors (Lipinski definition) is 0. The molecular weight excluding hydrogens is 120 g/mol. The van der Waals surface area contributed by atoms with Crippen molar-refractivity contribution in [2.75, 3.05) is 0 Å². The van der Waals surface area contributed by atoms with Crippen molar-refractivity contribution in [2.45, 2.75) is 27.2 Å². The Morgan fingerprint density at radius 1 is 1.40 bits per heavy atom. The number of allylic oxidation sites excluding steroid dienone is 4. The van der Waals surface area contributed by atoms with Gasteiger partial charge in [0, 0.05) is 12.5 Å². The van der Waals surface area contributed by atoms with E-state index in [1.165, 1.54) is 5.57 Å². The molecule has 0 saturated heterocycles. The number of hydrogen-bond donors (Lipinski definition) is 0. The van der Waals surface area contributed by atoms with Crippen LogP contribution in [0.3, 0.4) is 0 Å². The van der Waals surface area contributed by atoms with Gasteiger partial charge in [-0.25, -0.2) is 0 Å². The molecule has 0 aromatic carbocycles. The Balaban J connectivity index is 2.73. The van der Waals surface area contributed by atoms with E-state index in [9.17, 15) is 0 Å². The van der Waals surface area contributed by atoms with Crippen molar-refractivity contribution in [2.24, 2.45) is 5.41 Å². The van der Waals surface area contributed by atoms with Crippen molar-refractivity contribution in [3.8, 4) is 0 Å². The molecule has 0 radical (unpaired) electrons. The molecule has 1 rings (SSSR count). The maximum Gasteiger partial charge on any atom is 0.0977 e. The Bertz CT molecular complexity index is 165. The van der Waals surface area contributed by atoms with Gasteiger partial charge in [-0.15, -0.1) is 0 Å². The topological polar surface area (TPSA) is 0 Å². The Morgan fingerprint density at radius 2 is 2.10 bits per heavy atom. The molecule has 0 aromatic rings. The fourth-order valence-electron chi connectivity index (χ4n) is 1.02. The van der Waals surface area contributed by atoms with Gasteiger partial charge in [-0.05, 0) is 26.8 Å². The maximum atomic E-state index is 2.24. The minimum atomic E-state index is 0.313. The second-order valence-electron chi connectivity index (χ2n) is 3.75. The average molecular weight is 135 g/mol. The maximum absolute atomic E-state index is 2.24. The summed E-state index contributed by atoms with van der Waals surface area (Å²) in [5.74, 6) is 0. The highest BCUT2D eigenvalue weighted by atomic mass is 14.2. The molecule has 0 heterocycles. The summed E-state index contributed by atoms with van der Waals surface area (Å²) in [6, 6.07) is 0. The van der Waals surface area contributed by atoms with Gasteiger partial charge in [0.25, 0.3) is 0 Å². The molecule has 54 valence electrons.